The molecule has 5 aliphatic carbocycles. The first-order chi connectivity index (χ1) is 5.21. The molecule has 60 valence electrons. The SMILES string of the molecule is CC1(O)C2C3CC4C(CC32)C41. The summed E-state index contributed by atoms with van der Waals surface area (Å²) in [5.74, 6) is 5.25. The van der Waals surface area contributed by atoms with Gasteiger partial charge in [0.2, 0.25) is 0 Å². The fourth-order valence-corrected chi connectivity index (χ4v) is 4.76. The molecule has 0 aromatic carbocycles. The van der Waals surface area contributed by atoms with Crippen molar-refractivity contribution >= 4 is 0 Å². The minimum absolute atomic E-state index is 0.235. The summed E-state index contributed by atoms with van der Waals surface area (Å²) in [6, 6.07) is 0. The third-order valence-electron chi connectivity index (χ3n) is 5.10. The Balaban J connectivity index is 1.88. The molecule has 11 heavy (non-hydrogen) atoms. The summed E-state index contributed by atoms with van der Waals surface area (Å²) in [5.41, 5.74) is -0.235. The van der Waals surface area contributed by atoms with Crippen LogP contribution in [0.3, 0.4) is 0 Å². The van der Waals surface area contributed by atoms with Gasteiger partial charge in [-0.25, -0.2) is 0 Å². The van der Waals surface area contributed by atoms with E-state index in [1.54, 1.807) is 0 Å². The molecule has 4 unspecified atom stereocenters. The monoisotopic (exact) mass is 150 g/mol. The van der Waals surface area contributed by atoms with Gasteiger partial charge in [-0.05, 0) is 55.3 Å². The van der Waals surface area contributed by atoms with Crippen molar-refractivity contribution in [3.63, 3.8) is 0 Å². The van der Waals surface area contributed by atoms with E-state index in [0.717, 1.165) is 35.5 Å². The zero-order chi connectivity index (χ0) is 7.38. The van der Waals surface area contributed by atoms with E-state index in [1.165, 1.54) is 12.8 Å². The number of hydrogen-bond donors (Lipinski definition) is 1. The Kier molecular flexibility index (Phi) is 0.602. The largest absolute Gasteiger partial charge is 0.390 e. The molecule has 0 saturated heterocycles. The molecule has 0 spiro atoms. The van der Waals surface area contributed by atoms with Gasteiger partial charge in [-0.1, -0.05) is 0 Å². The summed E-state index contributed by atoms with van der Waals surface area (Å²) < 4.78 is 0. The van der Waals surface area contributed by atoms with Crippen LogP contribution < -0.4 is 0 Å². The van der Waals surface area contributed by atoms with Crippen LogP contribution in [0.15, 0.2) is 0 Å². The van der Waals surface area contributed by atoms with E-state index in [2.05, 4.69) is 6.92 Å². The second-order valence-corrected chi connectivity index (χ2v) is 5.40. The molecule has 4 atom stereocenters. The van der Waals surface area contributed by atoms with Crippen LogP contribution in [0.4, 0.5) is 0 Å². The summed E-state index contributed by atoms with van der Waals surface area (Å²) in [7, 11) is 0. The molecule has 0 aliphatic heterocycles. The standard InChI is InChI=1S/C10H14O/c1-10(11)8-4-2-5-7(9(5)10)3-6(4)8/h4-9,11H,2-3H2,1H3. The van der Waals surface area contributed by atoms with Crippen molar-refractivity contribution in [3.8, 4) is 0 Å². The lowest BCUT2D eigenvalue weighted by Gasteiger charge is -2.29. The van der Waals surface area contributed by atoms with Gasteiger partial charge in [0.05, 0.1) is 5.60 Å². The molecule has 1 N–H and O–H groups in total. The fraction of sp³-hybridized carbons (Fsp3) is 1.00. The third kappa shape index (κ3) is 0.395. The molecule has 0 aromatic rings. The molecule has 5 aliphatic rings. The molecule has 0 heterocycles. The predicted molar refractivity (Wildman–Crippen MR) is 40.8 cm³/mol. The Labute approximate surface area is 66.8 Å². The van der Waals surface area contributed by atoms with Crippen molar-refractivity contribution in [1.29, 1.82) is 0 Å². The van der Waals surface area contributed by atoms with Crippen LogP contribution in [0, 0.1) is 35.5 Å². The van der Waals surface area contributed by atoms with E-state index in [0.29, 0.717) is 0 Å². The molecule has 1 heteroatoms. The molecule has 0 radical (unpaired) electrons. The van der Waals surface area contributed by atoms with Crippen LogP contribution in [-0.2, 0) is 0 Å². The molecule has 0 amide bonds. The summed E-state index contributed by atoms with van der Waals surface area (Å²) in [6.07, 6.45) is 2.95. The van der Waals surface area contributed by atoms with Crippen LogP contribution >= 0.6 is 0 Å². The van der Waals surface area contributed by atoms with Crippen LogP contribution in [0.25, 0.3) is 0 Å². The van der Waals surface area contributed by atoms with Gasteiger partial charge in [-0.3, -0.25) is 0 Å². The average Bonchev–Trinajstić information content (AvgIpc) is 2.68. The Morgan fingerprint density at radius 3 is 1.73 bits per heavy atom. The third-order valence-corrected chi connectivity index (χ3v) is 5.10. The molecular weight excluding hydrogens is 136 g/mol. The lowest BCUT2D eigenvalue weighted by atomic mass is 9.84. The minimum atomic E-state index is -0.235. The Morgan fingerprint density at radius 1 is 1.00 bits per heavy atom. The molecule has 6 bridgehead atoms. The molecule has 0 aromatic heterocycles. The van der Waals surface area contributed by atoms with E-state index in [-0.39, 0.29) is 5.60 Å². The summed E-state index contributed by atoms with van der Waals surface area (Å²) >= 11 is 0. The van der Waals surface area contributed by atoms with Gasteiger partial charge in [0, 0.05) is 0 Å². The second kappa shape index (κ2) is 1.19. The summed E-state index contributed by atoms with van der Waals surface area (Å²) in [5, 5.41) is 10.2. The highest BCUT2D eigenvalue weighted by Crippen LogP contribution is 2.80. The maximum absolute atomic E-state index is 10.2. The van der Waals surface area contributed by atoms with E-state index in [1.807, 2.05) is 0 Å². The zero-order valence-electron chi connectivity index (χ0n) is 6.83. The molecule has 1 nitrogen and oxygen atoms in total. The lowest BCUT2D eigenvalue weighted by Crippen LogP contribution is -2.36. The maximum atomic E-state index is 10.2. The van der Waals surface area contributed by atoms with Gasteiger partial charge in [0.25, 0.3) is 0 Å². The van der Waals surface area contributed by atoms with Gasteiger partial charge < -0.3 is 5.11 Å². The first-order valence-corrected chi connectivity index (χ1v) is 4.93. The van der Waals surface area contributed by atoms with Gasteiger partial charge in [0.1, 0.15) is 0 Å². The Morgan fingerprint density at radius 2 is 1.36 bits per heavy atom. The van der Waals surface area contributed by atoms with Crippen LogP contribution in [-0.4, -0.2) is 10.7 Å². The normalized spacial score (nSPS) is 81.3. The van der Waals surface area contributed by atoms with Crippen molar-refractivity contribution in [1.82, 2.24) is 0 Å². The summed E-state index contributed by atoms with van der Waals surface area (Å²) in [6.45, 7) is 2.10. The molecular formula is C10H14O. The lowest BCUT2D eigenvalue weighted by molar-refractivity contribution is -0.0204. The molecule has 5 rings (SSSR count). The van der Waals surface area contributed by atoms with Crippen molar-refractivity contribution in [2.45, 2.75) is 25.4 Å². The minimum Gasteiger partial charge on any atom is -0.390 e. The number of hydrogen-bond acceptors (Lipinski definition) is 1. The van der Waals surface area contributed by atoms with Gasteiger partial charge in [-0.2, -0.15) is 0 Å². The highest BCUT2D eigenvalue weighted by Gasteiger charge is 2.79. The van der Waals surface area contributed by atoms with E-state index < -0.39 is 0 Å². The van der Waals surface area contributed by atoms with Crippen molar-refractivity contribution < 1.29 is 5.11 Å². The second-order valence-electron chi connectivity index (χ2n) is 5.40. The van der Waals surface area contributed by atoms with Gasteiger partial charge in [-0.15, -0.1) is 0 Å². The zero-order valence-corrected chi connectivity index (χ0v) is 6.83. The molecule has 5 fully saturated rings. The van der Waals surface area contributed by atoms with E-state index in [9.17, 15) is 5.11 Å². The van der Waals surface area contributed by atoms with Crippen molar-refractivity contribution in [2.24, 2.45) is 35.5 Å². The summed E-state index contributed by atoms with van der Waals surface area (Å²) in [4.78, 5) is 0. The average molecular weight is 150 g/mol. The van der Waals surface area contributed by atoms with Crippen molar-refractivity contribution in [3.05, 3.63) is 0 Å². The fourth-order valence-electron chi connectivity index (χ4n) is 4.76. The quantitative estimate of drug-likeness (QED) is 0.551. The first kappa shape index (κ1) is 5.58. The Hall–Kier alpha value is -0.0400. The topological polar surface area (TPSA) is 20.2 Å². The highest BCUT2D eigenvalue weighted by molar-refractivity contribution is 5.27. The maximum Gasteiger partial charge on any atom is 0.0686 e. The predicted octanol–water partition coefficient (Wildman–Crippen LogP) is 1.27. The highest BCUT2D eigenvalue weighted by atomic mass is 16.3. The van der Waals surface area contributed by atoms with E-state index >= 15 is 0 Å². The van der Waals surface area contributed by atoms with Crippen LogP contribution in [0.2, 0.25) is 0 Å². The number of aliphatic hydroxyl groups is 1. The number of rotatable bonds is 0. The van der Waals surface area contributed by atoms with Gasteiger partial charge in [0.15, 0.2) is 0 Å². The smallest absolute Gasteiger partial charge is 0.0686 e. The Bertz CT molecular complexity index is 205. The first-order valence-electron chi connectivity index (χ1n) is 4.93. The van der Waals surface area contributed by atoms with Crippen LogP contribution in [0.1, 0.15) is 19.8 Å². The van der Waals surface area contributed by atoms with E-state index in [4.69, 9.17) is 0 Å². The van der Waals surface area contributed by atoms with Crippen LogP contribution in [0.5, 0.6) is 0 Å². The van der Waals surface area contributed by atoms with Crippen molar-refractivity contribution in [2.75, 3.05) is 0 Å². The molecule has 5 saturated carbocycles. The van der Waals surface area contributed by atoms with Gasteiger partial charge >= 0.3 is 0 Å².